The average molecular weight is 251 g/mol. The molecule has 9 heteroatoms. The van der Waals surface area contributed by atoms with Gasteiger partial charge in [0.15, 0.2) is 16.4 Å². The zero-order chi connectivity index (χ0) is 12.5. The quantitative estimate of drug-likeness (QED) is 0.835. The topological polar surface area (TPSA) is 96.8 Å². The Morgan fingerprint density at radius 1 is 1.50 bits per heavy atom. The molecule has 0 saturated carbocycles. The summed E-state index contributed by atoms with van der Waals surface area (Å²) in [4.78, 5) is 1.79. The first-order chi connectivity index (χ1) is 7.29. The molecule has 1 rings (SSSR count). The summed E-state index contributed by atoms with van der Waals surface area (Å²) >= 11 is 0. The molecule has 0 aliphatic carbocycles. The number of nitrogens with zero attached hydrogens (tertiary/aromatic N) is 2. The molecule has 0 radical (unpaired) electrons. The van der Waals surface area contributed by atoms with E-state index in [2.05, 4.69) is 10.1 Å². The number of alkyl halides is 2. The molecular weight excluding hydrogens is 247 g/mol. The highest BCUT2D eigenvalue weighted by atomic mass is 32.2. The number of pyridine rings is 1. The molecule has 5 nitrogen and oxygen atoms in total. The molecule has 0 atom stereocenters. The molecule has 86 valence electrons. The Labute approximate surface area is 88.4 Å². The van der Waals surface area contributed by atoms with E-state index in [1.165, 1.54) is 6.07 Å². The van der Waals surface area contributed by atoms with E-state index in [0.717, 1.165) is 0 Å². The molecule has 0 amide bonds. The normalized spacial score (nSPS) is 11.5. The van der Waals surface area contributed by atoms with E-state index in [-0.39, 0.29) is 0 Å². The van der Waals surface area contributed by atoms with Crippen LogP contribution >= 0.6 is 0 Å². The Balaban J connectivity index is 3.69. The van der Waals surface area contributed by atoms with Gasteiger partial charge in [-0.1, -0.05) is 0 Å². The van der Waals surface area contributed by atoms with E-state index < -0.39 is 38.4 Å². The third-order valence-electron chi connectivity index (χ3n) is 1.63. The van der Waals surface area contributed by atoms with Gasteiger partial charge in [0.1, 0.15) is 6.07 Å². The van der Waals surface area contributed by atoms with Gasteiger partial charge in [0.25, 0.3) is 6.43 Å². The lowest BCUT2D eigenvalue weighted by Gasteiger charge is -2.06. The van der Waals surface area contributed by atoms with Crippen molar-refractivity contribution in [2.24, 2.45) is 5.14 Å². The van der Waals surface area contributed by atoms with Gasteiger partial charge in [-0.2, -0.15) is 5.26 Å². The van der Waals surface area contributed by atoms with Gasteiger partial charge >= 0.3 is 0 Å². The largest absolute Gasteiger partial charge is 0.268 e. The number of aromatic nitrogens is 1. The Kier molecular flexibility index (Phi) is 3.16. The number of hydrogen-bond donors (Lipinski definition) is 1. The van der Waals surface area contributed by atoms with Crippen molar-refractivity contribution in [2.75, 3.05) is 0 Å². The minimum atomic E-state index is -4.63. The van der Waals surface area contributed by atoms with Crippen LogP contribution in [0.15, 0.2) is 11.1 Å². The van der Waals surface area contributed by atoms with Gasteiger partial charge in [-0.3, -0.25) is 0 Å². The van der Waals surface area contributed by atoms with Crippen molar-refractivity contribution in [2.45, 2.75) is 11.3 Å². The maximum Gasteiger partial charge on any atom is 0.268 e. The Morgan fingerprint density at radius 3 is 2.44 bits per heavy atom. The van der Waals surface area contributed by atoms with E-state index in [1.807, 2.05) is 0 Å². The number of nitrogens with two attached hydrogens (primary N) is 1. The average Bonchev–Trinajstić information content (AvgIpc) is 2.14. The van der Waals surface area contributed by atoms with Gasteiger partial charge in [-0.15, -0.1) is 0 Å². The fourth-order valence-corrected chi connectivity index (χ4v) is 1.71. The number of primary sulfonamides is 1. The second kappa shape index (κ2) is 4.07. The lowest BCUT2D eigenvalue weighted by Crippen LogP contribution is -2.18. The lowest BCUT2D eigenvalue weighted by molar-refractivity contribution is 0.145. The molecule has 0 unspecified atom stereocenters. The molecule has 2 N–H and O–H groups in total. The smallest absolute Gasteiger partial charge is 0.243 e. The summed E-state index contributed by atoms with van der Waals surface area (Å²) in [6.07, 6.45) is -2.85. The molecule has 0 saturated heterocycles. The van der Waals surface area contributed by atoms with Crippen molar-refractivity contribution < 1.29 is 21.6 Å². The molecule has 16 heavy (non-hydrogen) atoms. The highest BCUT2D eigenvalue weighted by Crippen LogP contribution is 2.26. The second-order valence-electron chi connectivity index (χ2n) is 2.66. The Morgan fingerprint density at radius 2 is 2.06 bits per heavy atom. The first-order valence-corrected chi connectivity index (χ1v) is 5.23. The summed E-state index contributed by atoms with van der Waals surface area (Å²) in [6, 6.07) is 1.25. The van der Waals surface area contributed by atoms with E-state index in [0.29, 0.717) is 6.20 Å². The summed E-state index contributed by atoms with van der Waals surface area (Å²) in [5.41, 5.74) is -2.08. The lowest BCUT2D eigenvalue weighted by atomic mass is 10.2. The zero-order valence-corrected chi connectivity index (χ0v) is 8.30. The van der Waals surface area contributed by atoms with Crippen molar-refractivity contribution >= 4 is 10.0 Å². The van der Waals surface area contributed by atoms with Crippen LogP contribution in [0.3, 0.4) is 0 Å². The van der Waals surface area contributed by atoms with Crippen LogP contribution in [0.5, 0.6) is 0 Å². The SMILES string of the molecule is N#Cc1ncc(C(F)F)c(F)c1S(N)(=O)=O. The molecule has 0 bridgehead atoms. The first kappa shape index (κ1) is 12.4. The molecule has 1 heterocycles. The van der Waals surface area contributed by atoms with Gasteiger partial charge in [-0.25, -0.2) is 31.7 Å². The van der Waals surface area contributed by atoms with Crippen LogP contribution in [0, 0.1) is 17.1 Å². The van der Waals surface area contributed by atoms with Crippen molar-refractivity contribution in [3.05, 3.63) is 23.3 Å². The molecule has 0 fully saturated rings. The third-order valence-corrected chi connectivity index (χ3v) is 2.57. The molecule has 0 aliphatic heterocycles. The summed E-state index contributed by atoms with van der Waals surface area (Å²) in [5.74, 6) is -1.75. The maximum atomic E-state index is 13.3. The van der Waals surface area contributed by atoms with Crippen molar-refractivity contribution in [1.82, 2.24) is 4.98 Å². The highest BCUT2D eigenvalue weighted by Gasteiger charge is 2.27. The summed E-state index contributed by atoms with van der Waals surface area (Å²) in [7, 11) is -4.63. The fourth-order valence-electron chi connectivity index (χ4n) is 0.976. The highest BCUT2D eigenvalue weighted by molar-refractivity contribution is 7.89. The molecule has 0 aromatic carbocycles. The van der Waals surface area contributed by atoms with E-state index in [9.17, 15) is 21.6 Å². The number of hydrogen-bond acceptors (Lipinski definition) is 4. The van der Waals surface area contributed by atoms with Crippen LogP contribution in [0.25, 0.3) is 0 Å². The summed E-state index contributed by atoms with van der Waals surface area (Å²) < 4.78 is 59.6. The minimum absolute atomic E-state index is 0.396. The fraction of sp³-hybridized carbons (Fsp3) is 0.143. The van der Waals surface area contributed by atoms with Crippen LogP contribution in [-0.4, -0.2) is 13.4 Å². The van der Waals surface area contributed by atoms with Gasteiger partial charge in [0.05, 0.1) is 5.56 Å². The van der Waals surface area contributed by atoms with Crippen molar-refractivity contribution in [1.29, 1.82) is 5.26 Å². The maximum absolute atomic E-state index is 13.3. The monoisotopic (exact) mass is 251 g/mol. The van der Waals surface area contributed by atoms with Gasteiger partial charge in [-0.05, 0) is 0 Å². The number of sulfonamides is 1. The Hall–Kier alpha value is -1.66. The summed E-state index contributed by atoms with van der Waals surface area (Å²) in [5, 5.41) is 13.0. The summed E-state index contributed by atoms with van der Waals surface area (Å²) in [6.45, 7) is 0. The van der Waals surface area contributed by atoms with Crippen molar-refractivity contribution in [3.8, 4) is 6.07 Å². The molecule has 0 aliphatic rings. The number of rotatable bonds is 2. The van der Waals surface area contributed by atoms with Gasteiger partial charge in [0.2, 0.25) is 10.0 Å². The predicted octanol–water partition coefficient (Wildman–Crippen LogP) is 0.677. The van der Waals surface area contributed by atoms with Crippen LogP contribution in [0.2, 0.25) is 0 Å². The second-order valence-corrected chi connectivity index (χ2v) is 4.16. The van der Waals surface area contributed by atoms with E-state index in [1.54, 1.807) is 0 Å². The van der Waals surface area contributed by atoms with Crippen LogP contribution in [-0.2, 0) is 10.0 Å². The zero-order valence-electron chi connectivity index (χ0n) is 7.49. The standard InChI is InChI=1S/C7H4F3N3O2S/c8-5-3(7(9)10)2-13-4(1-11)6(5)16(12,14)15/h2,7H,(H2,12,14,15). The van der Waals surface area contributed by atoms with Crippen LogP contribution < -0.4 is 5.14 Å². The van der Waals surface area contributed by atoms with Crippen molar-refractivity contribution in [3.63, 3.8) is 0 Å². The molecule has 1 aromatic heterocycles. The third kappa shape index (κ3) is 2.12. The Bertz CT molecular complexity index is 565. The number of halogens is 3. The van der Waals surface area contributed by atoms with E-state index in [4.69, 9.17) is 5.26 Å². The number of nitriles is 1. The minimum Gasteiger partial charge on any atom is -0.243 e. The molecule has 0 spiro atoms. The predicted molar refractivity (Wildman–Crippen MR) is 45.2 cm³/mol. The van der Waals surface area contributed by atoms with E-state index >= 15 is 0 Å². The first-order valence-electron chi connectivity index (χ1n) is 3.68. The van der Waals surface area contributed by atoms with Crippen LogP contribution in [0.4, 0.5) is 13.2 Å². The molecular formula is C7H4F3N3O2S. The van der Waals surface area contributed by atoms with Gasteiger partial charge in [0, 0.05) is 6.20 Å². The molecule has 1 aromatic rings. The van der Waals surface area contributed by atoms with Gasteiger partial charge < -0.3 is 0 Å². The van der Waals surface area contributed by atoms with Crippen LogP contribution in [0.1, 0.15) is 17.7 Å².